The van der Waals surface area contributed by atoms with Crippen LogP contribution in [-0.2, 0) is 19.1 Å². The highest BCUT2D eigenvalue weighted by atomic mass is 16.5. The molecular weight excluding hydrogens is 200 g/mol. The average molecular weight is 208 g/mol. The predicted molar refractivity (Wildman–Crippen MR) is 44.7 cm³/mol. The lowest BCUT2D eigenvalue weighted by Crippen LogP contribution is -2.10. The molecule has 1 aliphatic rings. The highest BCUT2D eigenvalue weighted by Crippen LogP contribution is 2.59. The maximum atomic E-state index is 11.2. The lowest BCUT2D eigenvalue weighted by Gasteiger charge is -1.95. The summed E-state index contributed by atoms with van der Waals surface area (Å²) in [6.45, 7) is 0. The maximum Gasteiger partial charge on any atom is 0.312 e. The van der Waals surface area contributed by atoms with E-state index >= 15 is 0 Å². The third kappa shape index (κ3) is 1.31. The third-order valence-corrected chi connectivity index (χ3v) is 2.49. The Morgan fingerprint density at radius 1 is 1.07 bits per heavy atom. The summed E-state index contributed by atoms with van der Waals surface area (Å²) in [6, 6.07) is 3.34. The number of carbonyl (C=O) groups excluding carboxylic acids is 2. The number of hydrogen-bond donors (Lipinski definition) is 0. The molecule has 0 aromatic carbocycles. The standard InChI is InChI=1S/C9H8N2O4/c1-14-7(12)5-6(8(13)15-2)9(5,3-10)4-11/h5-6H,1-2H3/t5-,6-/m1/s1. The summed E-state index contributed by atoms with van der Waals surface area (Å²) in [4.78, 5) is 22.4. The Morgan fingerprint density at radius 2 is 1.40 bits per heavy atom. The van der Waals surface area contributed by atoms with Crippen LogP contribution in [0.5, 0.6) is 0 Å². The molecule has 0 radical (unpaired) electrons. The molecule has 0 N–H and O–H groups in total. The van der Waals surface area contributed by atoms with E-state index in [1.165, 1.54) is 0 Å². The molecule has 78 valence electrons. The van der Waals surface area contributed by atoms with Crippen molar-refractivity contribution in [1.29, 1.82) is 10.5 Å². The van der Waals surface area contributed by atoms with Gasteiger partial charge in [-0.05, 0) is 0 Å². The van der Waals surface area contributed by atoms with Crippen molar-refractivity contribution in [2.75, 3.05) is 14.2 Å². The van der Waals surface area contributed by atoms with E-state index in [-0.39, 0.29) is 0 Å². The van der Waals surface area contributed by atoms with Crippen molar-refractivity contribution in [2.45, 2.75) is 0 Å². The highest BCUT2D eigenvalue weighted by molar-refractivity contribution is 5.92. The first kappa shape index (κ1) is 11.0. The molecule has 6 nitrogen and oxygen atoms in total. The van der Waals surface area contributed by atoms with Gasteiger partial charge < -0.3 is 9.47 Å². The molecule has 1 saturated carbocycles. The van der Waals surface area contributed by atoms with Crippen LogP contribution in [0.3, 0.4) is 0 Å². The molecule has 0 unspecified atom stereocenters. The molecule has 0 saturated heterocycles. The molecule has 6 heteroatoms. The quantitative estimate of drug-likeness (QED) is 0.573. The van der Waals surface area contributed by atoms with Crippen LogP contribution in [-0.4, -0.2) is 26.2 Å². The van der Waals surface area contributed by atoms with Crippen molar-refractivity contribution in [1.82, 2.24) is 0 Å². The van der Waals surface area contributed by atoms with E-state index in [9.17, 15) is 9.59 Å². The molecule has 15 heavy (non-hydrogen) atoms. The van der Waals surface area contributed by atoms with Gasteiger partial charge in [0.25, 0.3) is 0 Å². The van der Waals surface area contributed by atoms with Crippen LogP contribution >= 0.6 is 0 Å². The molecule has 1 aliphatic carbocycles. The van der Waals surface area contributed by atoms with Crippen LogP contribution in [0.2, 0.25) is 0 Å². The average Bonchev–Trinajstić information content (AvgIpc) is 2.96. The predicted octanol–water partition coefficient (Wildman–Crippen LogP) is -0.388. The van der Waals surface area contributed by atoms with Crippen LogP contribution in [0, 0.1) is 39.9 Å². The van der Waals surface area contributed by atoms with Crippen molar-refractivity contribution < 1.29 is 19.1 Å². The monoisotopic (exact) mass is 208 g/mol. The molecule has 1 rings (SSSR count). The largest absolute Gasteiger partial charge is 0.469 e. The van der Waals surface area contributed by atoms with Gasteiger partial charge in [-0.1, -0.05) is 0 Å². The molecule has 0 aliphatic heterocycles. The van der Waals surface area contributed by atoms with E-state index in [1.807, 2.05) is 0 Å². The van der Waals surface area contributed by atoms with Crippen LogP contribution < -0.4 is 0 Å². The van der Waals surface area contributed by atoms with Crippen LogP contribution in [0.15, 0.2) is 0 Å². The summed E-state index contributed by atoms with van der Waals surface area (Å²) in [5.41, 5.74) is -1.62. The van der Waals surface area contributed by atoms with E-state index in [0.717, 1.165) is 14.2 Å². The number of nitriles is 2. The van der Waals surface area contributed by atoms with Gasteiger partial charge in [0.05, 0.1) is 26.4 Å². The topological polar surface area (TPSA) is 100 Å². The second-order valence-electron chi connectivity index (χ2n) is 3.09. The van der Waals surface area contributed by atoms with Crippen molar-refractivity contribution in [3.8, 4) is 12.1 Å². The summed E-state index contributed by atoms with van der Waals surface area (Å²) in [7, 11) is 2.27. The van der Waals surface area contributed by atoms with Crippen molar-refractivity contribution in [2.24, 2.45) is 17.3 Å². The highest BCUT2D eigenvalue weighted by Gasteiger charge is 2.75. The zero-order valence-corrected chi connectivity index (χ0v) is 8.18. The lowest BCUT2D eigenvalue weighted by molar-refractivity contribution is -0.148. The number of nitrogens with zero attached hydrogens (tertiary/aromatic N) is 2. The second kappa shape index (κ2) is 3.58. The summed E-state index contributed by atoms with van der Waals surface area (Å²) >= 11 is 0. The summed E-state index contributed by atoms with van der Waals surface area (Å²) in [5.74, 6) is -3.56. The first-order valence-corrected chi connectivity index (χ1v) is 4.07. The van der Waals surface area contributed by atoms with Gasteiger partial charge in [0, 0.05) is 0 Å². The van der Waals surface area contributed by atoms with Gasteiger partial charge >= 0.3 is 11.9 Å². The van der Waals surface area contributed by atoms with Gasteiger partial charge in [-0.25, -0.2) is 0 Å². The van der Waals surface area contributed by atoms with Gasteiger partial charge in [-0.2, -0.15) is 10.5 Å². The summed E-state index contributed by atoms with van der Waals surface area (Å²) < 4.78 is 8.82. The Bertz CT molecular complexity index is 352. The van der Waals surface area contributed by atoms with E-state index < -0.39 is 29.2 Å². The van der Waals surface area contributed by atoms with Gasteiger partial charge in [0.2, 0.25) is 0 Å². The van der Waals surface area contributed by atoms with Gasteiger partial charge in [0.1, 0.15) is 11.8 Å². The molecule has 0 bridgehead atoms. The molecule has 0 aromatic heterocycles. The number of rotatable bonds is 2. The Hall–Kier alpha value is -2.08. The van der Waals surface area contributed by atoms with Crippen molar-refractivity contribution in [3.63, 3.8) is 0 Å². The van der Waals surface area contributed by atoms with E-state index in [2.05, 4.69) is 9.47 Å². The summed E-state index contributed by atoms with van der Waals surface area (Å²) in [6.07, 6.45) is 0. The van der Waals surface area contributed by atoms with E-state index in [0.29, 0.717) is 0 Å². The Morgan fingerprint density at radius 3 is 1.60 bits per heavy atom. The Labute approximate surface area is 86.0 Å². The molecule has 2 atom stereocenters. The molecular formula is C9H8N2O4. The van der Waals surface area contributed by atoms with Crippen LogP contribution in [0.25, 0.3) is 0 Å². The van der Waals surface area contributed by atoms with Crippen LogP contribution in [0.1, 0.15) is 0 Å². The van der Waals surface area contributed by atoms with Gasteiger partial charge in [0.15, 0.2) is 5.41 Å². The van der Waals surface area contributed by atoms with E-state index in [1.54, 1.807) is 12.1 Å². The fraction of sp³-hybridized carbons (Fsp3) is 0.556. The first-order valence-electron chi connectivity index (χ1n) is 4.07. The van der Waals surface area contributed by atoms with Gasteiger partial charge in [-0.3, -0.25) is 9.59 Å². The number of esters is 2. The second-order valence-corrected chi connectivity index (χ2v) is 3.09. The van der Waals surface area contributed by atoms with Gasteiger partial charge in [-0.15, -0.1) is 0 Å². The number of ether oxygens (including phenoxy) is 2. The minimum absolute atomic E-state index is 0.742. The number of methoxy groups -OCH3 is 2. The fourth-order valence-corrected chi connectivity index (χ4v) is 1.59. The van der Waals surface area contributed by atoms with Crippen molar-refractivity contribution >= 4 is 11.9 Å². The Balaban J connectivity index is 3.01. The molecule has 0 aromatic rings. The fourth-order valence-electron chi connectivity index (χ4n) is 1.59. The SMILES string of the molecule is COC(=O)[C@H]1[C@H](C(=O)OC)C1(C#N)C#N. The minimum Gasteiger partial charge on any atom is -0.469 e. The molecule has 0 amide bonds. The van der Waals surface area contributed by atoms with E-state index in [4.69, 9.17) is 10.5 Å². The number of carbonyl (C=O) groups is 2. The van der Waals surface area contributed by atoms with Crippen molar-refractivity contribution in [3.05, 3.63) is 0 Å². The number of hydrogen-bond acceptors (Lipinski definition) is 6. The zero-order chi connectivity index (χ0) is 11.6. The Kier molecular flexibility index (Phi) is 2.63. The third-order valence-electron chi connectivity index (χ3n) is 2.49. The molecule has 0 spiro atoms. The normalized spacial score (nSPS) is 25.6. The first-order chi connectivity index (χ1) is 7.08. The molecule has 0 heterocycles. The summed E-state index contributed by atoms with van der Waals surface area (Å²) in [5, 5.41) is 17.6. The molecule has 1 fully saturated rings. The smallest absolute Gasteiger partial charge is 0.312 e. The zero-order valence-electron chi connectivity index (χ0n) is 8.18. The van der Waals surface area contributed by atoms with Crippen LogP contribution in [0.4, 0.5) is 0 Å². The maximum absolute atomic E-state index is 11.2. The minimum atomic E-state index is -1.62. The lowest BCUT2D eigenvalue weighted by atomic mass is 10.1.